The Balaban J connectivity index is 1.65. The Morgan fingerprint density at radius 2 is 1.35 bits per heavy atom. The van der Waals surface area contributed by atoms with E-state index in [0.717, 1.165) is 17.5 Å². The van der Waals surface area contributed by atoms with Crippen molar-refractivity contribution in [3.05, 3.63) is 112 Å². The topological polar surface area (TPSA) is 12.9 Å². The van der Waals surface area contributed by atoms with E-state index in [-0.39, 0.29) is 0 Å². The summed E-state index contributed by atoms with van der Waals surface area (Å²) in [6.45, 7) is 0. The van der Waals surface area contributed by atoms with Crippen molar-refractivity contribution in [2.75, 3.05) is 0 Å². The summed E-state index contributed by atoms with van der Waals surface area (Å²) in [5, 5.41) is 8.89. The zero-order valence-electron chi connectivity index (χ0n) is 16.6. The largest absolute Gasteiger partial charge is 0.264 e. The lowest BCUT2D eigenvalue weighted by molar-refractivity contribution is 1.16. The summed E-state index contributed by atoms with van der Waals surface area (Å²) in [6.07, 6.45) is 4.62. The molecule has 0 saturated carbocycles. The van der Waals surface area contributed by atoms with E-state index in [9.17, 15) is 0 Å². The molecule has 0 spiro atoms. The fourth-order valence-electron chi connectivity index (χ4n) is 4.70. The van der Waals surface area contributed by atoms with Crippen LogP contribution in [0.5, 0.6) is 0 Å². The van der Waals surface area contributed by atoms with Crippen molar-refractivity contribution in [1.29, 1.82) is 0 Å². The summed E-state index contributed by atoms with van der Waals surface area (Å²) in [4.78, 5) is 4.28. The predicted molar refractivity (Wildman–Crippen MR) is 133 cm³/mol. The van der Waals surface area contributed by atoms with Gasteiger partial charge < -0.3 is 0 Å². The van der Waals surface area contributed by atoms with Crippen LogP contribution < -0.4 is 0 Å². The third-order valence-corrected chi connectivity index (χ3v) is 6.48. The number of hydrogen-bond donors (Lipinski definition) is 0. The predicted octanol–water partition coefficient (Wildman–Crippen LogP) is 8.54. The summed E-state index contributed by atoms with van der Waals surface area (Å²) < 4.78 is 0. The van der Waals surface area contributed by atoms with Gasteiger partial charge in [0.2, 0.25) is 0 Å². The van der Waals surface area contributed by atoms with Gasteiger partial charge in [0.25, 0.3) is 0 Å². The number of pyridine rings is 1. The molecule has 5 aromatic carbocycles. The first kappa shape index (κ1) is 18.6. The molecular formula is C28H17Cl2N. The van der Waals surface area contributed by atoms with Crippen molar-refractivity contribution < 1.29 is 0 Å². The molecule has 148 valence electrons. The van der Waals surface area contributed by atoms with Crippen LogP contribution in [0.3, 0.4) is 0 Å². The molecule has 0 aliphatic rings. The lowest BCUT2D eigenvalue weighted by Gasteiger charge is -2.16. The summed E-state index contributed by atoms with van der Waals surface area (Å²) in [5.41, 5.74) is 4.70. The molecule has 0 amide bonds. The molecule has 31 heavy (non-hydrogen) atoms. The van der Waals surface area contributed by atoms with E-state index in [0.29, 0.717) is 10.0 Å². The van der Waals surface area contributed by atoms with Gasteiger partial charge in [-0.15, -0.1) is 0 Å². The molecule has 1 nitrogen and oxygen atoms in total. The number of benzene rings is 5. The number of hydrogen-bond acceptors (Lipinski definition) is 1. The third kappa shape index (κ3) is 3.13. The molecule has 0 aliphatic carbocycles. The Morgan fingerprint density at radius 3 is 2.10 bits per heavy atom. The average molecular weight is 438 g/mol. The fourth-order valence-corrected chi connectivity index (χ4v) is 5.23. The molecule has 0 N–H and O–H groups in total. The second-order valence-corrected chi connectivity index (χ2v) is 8.83. The van der Waals surface area contributed by atoms with Crippen molar-refractivity contribution in [1.82, 2.24) is 4.98 Å². The molecular weight excluding hydrogens is 421 g/mol. The number of halogens is 2. The minimum atomic E-state index is 0.645. The van der Waals surface area contributed by atoms with Gasteiger partial charge in [-0.2, -0.15) is 0 Å². The second-order valence-electron chi connectivity index (χ2n) is 7.96. The molecule has 0 fully saturated rings. The normalized spacial score (nSPS) is 11.7. The van der Waals surface area contributed by atoms with E-state index < -0.39 is 0 Å². The van der Waals surface area contributed by atoms with Crippen molar-refractivity contribution in [3.8, 4) is 11.1 Å². The molecule has 6 rings (SSSR count). The smallest absolute Gasteiger partial charge is 0.0426 e. The highest BCUT2D eigenvalue weighted by Crippen LogP contribution is 2.41. The Kier molecular flexibility index (Phi) is 4.34. The Hall–Kier alpha value is -3.13. The van der Waals surface area contributed by atoms with Crippen LogP contribution in [0, 0.1) is 0 Å². The lowest BCUT2D eigenvalue weighted by Crippen LogP contribution is -1.93. The van der Waals surface area contributed by atoms with Crippen LogP contribution >= 0.6 is 23.2 Å². The highest BCUT2D eigenvalue weighted by atomic mass is 35.5. The maximum absolute atomic E-state index is 6.31. The van der Waals surface area contributed by atoms with Crippen LogP contribution in [-0.2, 0) is 6.42 Å². The van der Waals surface area contributed by atoms with E-state index >= 15 is 0 Å². The number of nitrogens with zero attached hydrogens (tertiary/aromatic N) is 1. The zero-order chi connectivity index (χ0) is 20.9. The summed E-state index contributed by atoms with van der Waals surface area (Å²) in [6, 6.07) is 27.6. The minimum absolute atomic E-state index is 0.645. The van der Waals surface area contributed by atoms with Gasteiger partial charge in [0.1, 0.15) is 0 Å². The summed E-state index contributed by atoms with van der Waals surface area (Å²) in [7, 11) is 0. The standard InChI is InChI=1S/C28H17Cl2N/c29-22-13-21(14-23(30)15-22)24-8-5-19-6-9-25-20(12-17-2-1-11-31-16-17)4-3-18-7-10-26(24)28(19)27(18)25/h1-11,13-16H,12H2. The number of rotatable bonds is 3. The van der Waals surface area contributed by atoms with Crippen LogP contribution in [0.4, 0.5) is 0 Å². The molecule has 3 heteroatoms. The Morgan fingerprint density at radius 1 is 0.677 bits per heavy atom. The van der Waals surface area contributed by atoms with Crippen molar-refractivity contribution in [2.24, 2.45) is 0 Å². The number of aromatic nitrogens is 1. The van der Waals surface area contributed by atoms with Crippen molar-refractivity contribution in [3.63, 3.8) is 0 Å². The molecule has 1 aromatic heterocycles. The molecule has 0 radical (unpaired) electrons. The van der Waals surface area contributed by atoms with Gasteiger partial charge in [-0.05, 0) is 85.3 Å². The van der Waals surface area contributed by atoms with E-state index in [2.05, 4.69) is 59.6 Å². The maximum atomic E-state index is 6.31. The highest BCUT2D eigenvalue weighted by Gasteiger charge is 2.14. The van der Waals surface area contributed by atoms with Gasteiger partial charge in [-0.1, -0.05) is 77.8 Å². The molecule has 0 bridgehead atoms. The van der Waals surface area contributed by atoms with Gasteiger partial charge in [0.15, 0.2) is 0 Å². The summed E-state index contributed by atoms with van der Waals surface area (Å²) in [5.74, 6) is 0. The third-order valence-electron chi connectivity index (χ3n) is 6.05. The van der Waals surface area contributed by atoms with Gasteiger partial charge >= 0.3 is 0 Å². The van der Waals surface area contributed by atoms with Crippen LogP contribution in [-0.4, -0.2) is 4.98 Å². The van der Waals surface area contributed by atoms with Crippen LogP contribution in [0.1, 0.15) is 11.1 Å². The average Bonchev–Trinajstić information content (AvgIpc) is 2.78. The van der Waals surface area contributed by atoms with Gasteiger partial charge in [-0.3, -0.25) is 4.98 Å². The first-order valence-electron chi connectivity index (χ1n) is 10.2. The fraction of sp³-hybridized carbons (Fsp3) is 0.0357. The van der Waals surface area contributed by atoms with Crippen LogP contribution in [0.2, 0.25) is 10.0 Å². The van der Waals surface area contributed by atoms with E-state index in [1.165, 1.54) is 43.4 Å². The highest BCUT2D eigenvalue weighted by molar-refractivity contribution is 6.35. The zero-order valence-corrected chi connectivity index (χ0v) is 18.1. The Labute approximate surface area is 190 Å². The molecule has 0 atom stereocenters. The molecule has 6 aromatic rings. The SMILES string of the molecule is Clc1cc(Cl)cc(-c2ccc3ccc4c(Cc5cccnc5)ccc5ccc2c3c54)c1. The van der Waals surface area contributed by atoms with Gasteiger partial charge in [0, 0.05) is 22.4 Å². The molecule has 0 saturated heterocycles. The van der Waals surface area contributed by atoms with E-state index in [1.807, 2.05) is 30.6 Å². The maximum Gasteiger partial charge on any atom is 0.0426 e. The molecule has 0 aliphatic heterocycles. The van der Waals surface area contributed by atoms with Gasteiger partial charge in [0.05, 0.1) is 0 Å². The first-order chi connectivity index (χ1) is 15.2. The lowest BCUT2D eigenvalue weighted by atomic mass is 9.87. The monoisotopic (exact) mass is 437 g/mol. The Bertz CT molecular complexity index is 1550. The quantitative estimate of drug-likeness (QED) is 0.252. The van der Waals surface area contributed by atoms with Crippen molar-refractivity contribution in [2.45, 2.75) is 6.42 Å². The first-order valence-corrected chi connectivity index (χ1v) is 11.0. The minimum Gasteiger partial charge on any atom is -0.264 e. The molecule has 0 unspecified atom stereocenters. The van der Waals surface area contributed by atoms with E-state index in [1.54, 1.807) is 6.07 Å². The summed E-state index contributed by atoms with van der Waals surface area (Å²) >= 11 is 12.6. The van der Waals surface area contributed by atoms with Crippen LogP contribution in [0.15, 0.2) is 91.3 Å². The van der Waals surface area contributed by atoms with Crippen LogP contribution in [0.25, 0.3) is 43.4 Å². The van der Waals surface area contributed by atoms with Crippen molar-refractivity contribution >= 4 is 55.5 Å². The van der Waals surface area contributed by atoms with Gasteiger partial charge in [-0.25, -0.2) is 0 Å². The molecule has 1 heterocycles. The van der Waals surface area contributed by atoms with E-state index in [4.69, 9.17) is 23.2 Å². The second kappa shape index (κ2) is 7.23.